The summed E-state index contributed by atoms with van der Waals surface area (Å²) in [7, 11) is 0. The first kappa shape index (κ1) is 22.0. The maximum atomic E-state index is 13.2. The van der Waals surface area contributed by atoms with Crippen molar-refractivity contribution in [2.24, 2.45) is 0 Å². The maximum absolute atomic E-state index is 13.2. The van der Waals surface area contributed by atoms with Crippen molar-refractivity contribution in [2.45, 2.75) is 27.4 Å². The van der Waals surface area contributed by atoms with Crippen molar-refractivity contribution >= 4 is 29.6 Å². The molecule has 0 unspecified atom stereocenters. The van der Waals surface area contributed by atoms with Gasteiger partial charge in [0.05, 0.1) is 5.69 Å². The van der Waals surface area contributed by atoms with Gasteiger partial charge in [-0.3, -0.25) is 14.9 Å². The summed E-state index contributed by atoms with van der Waals surface area (Å²) >= 11 is 0. The predicted octanol–water partition coefficient (Wildman–Crippen LogP) is 4.86. The topological polar surface area (TPSA) is 75.7 Å². The number of para-hydroxylation sites is 1. The highest BCUT2D eigenvalue weighted by atomic mass is 16.5. The fourth-order valence-electron chi connectivity index (χ4n) is 3.86. The fourth-order valence-corrected chi connectivity index (χ4v) is 3.86. The lowest BCUT2D eigenvalue weighted by Gasteiger charge is -2.26. The molecule has 6 heteroatoms. The van der Waals surface area contributed by atoms with E-state index in [1.165, 1.54) is 6.08 Å². The molecule has 1 fully saturated rings. The van der Waals surface area contributed by atoms with Crippen LogP contribution in [0.1, 0.15) is 27.8 Å². The Morgan fingerprint density at radius 1 is 0.848 bits per heavy atom. The van der Waals surface area contributed by atoms with Crippen molar-refractivity contribution in [2.75, 3.05) is 4.90 Å². The van der Waals surface area contributed by atoms with Gasteiger partial charge in [-0.1, -0.05) is 59.7 Å². The highest BCUT2D eigenvalue weighted by Gasteiger charge is 2.37. The van der Waals surface area contributed by atoms with Gasteiger partial charge >= 0.3 is 6.03 Å². The molecule has 4 rings (SSSR count). The highest BCUT2D eigenvalue weighted by Crippen LogP contribution is 2.26. The Morgan fingerprint density at radius 2 is 1.58 bits per heavy atom. The molecule has 0 aromatic heterocycles. The summed E-state index contributed by atoms with van der Waals surface area (Å²) in [6.45, 7) is 6.27. The van der Waals surface area contributed by atoms with Gasteiger partial charge in [-0.15, -0.1) is 0 Å². The molecule has 1 aliphatic rings. The van der Waals surface area contributed by atoms with Crippen LogP contribution < -0.4 is 15.0 Å². The molecule has 166 valence electrons. The van der Waals surface area contributed by atoms with Gasteiger partial charge in [0.25, 0.3) is 11.8 Å². The second-order valence-corrected chi connectivity index (χ2v) is 8.12. The van der Waals surface area contributed by atoms with Gasteiger partial charge in [-0.25, -0.2) is 9.69 Å². The number of hydrogen-bond acceptors (Lipinski definition) is 4. The summed E-state index contributed by atoms with van der Waals surface area (Å²) in [5.74, 6) is -0.889. The minimum absolute atomic E-state index is 0.140. The third-order valence-corrected chi connectivity index (χ3v) is 5.26. The lowest BCUT2D eigenvalue weighted by atomic mass is 10.1. The van der Waals surface area contributed by atoms with Crippen molar-refractivity contribution in [1.82, 2.24) is 5.32 Å². The number of hydrogen-bond donors (Lipinski definition) is 1. The summed E-state index contributed by atoms with van der Waals surface area (Å²) in [5, 5.41) is 2.26. The molecule has 3 aromatic carbocycles. The molecule has 6 nitrogen and oxygen atoms in total. The number of aryl methyl sites for hydroxylation is 3. The van der Waals surface area contributed by atoms with E-state index in [-0.39, 0.29) is 5.57 Å². The molecule has 0 atom stereocenters. The van der Waals surface area contributed by atoms with Crippen LogP contribution in [0.2, 0.25) is 0 Å². The number of amides is 4. The van der Waals surface area contributed by atoms with E-state index in [4.69, 9.17) is 4.74 Å². The first-order chi connectivity index (χ1) is 15.8. The zero-order valence-electron chi connectivity index (χ0n) is 18.7. The standard InChI is InChI=1S/C27H24N2O4/c1-17-7-6-9-22(14-17)29-26(31)23(25(30)28-27(29)32)15-21-8-4-5-10-24(21)33-16-20-12-18(2)11-19(3)13-20/h4-15H,16H2,1-3H3,(H,28,30,32)/b23-15+. The van der Waals surface area contributed by atoms with Gasteiger partial charge in [-0.05, 0) is 56.2 Å². The number of nitrogens with zero attached hydrogens (tertiary/aromatic N) is 1. The molecule has 1 N–H and O–H groups in total. The van der Waals surface area contributed by atoms with Crippen LogP contribution in [0.4, 0.5) is 10.5 Å². The molecule has 0 aliphatic carbocycles. The van der Waals surface area contributed by atoms with Gasteiger partial charge in [0.1, 0.15) is 17.9 Å². The Balaban J connectivity index is 1.64. The SMILES string of the molecule is Cc1cc(C)cc(COc2ccccc2/C=C2\C(=O)NC(=O)N(c3cccc(C)c3)C2=O)c1. The van der Waals surface area contributed by atoms with Crippen LogP contribution in [-0.4, -0.2) is 17.8 Å². The average Bonchev–Trinajstić information content (AvgIpc) is 2.75. The Kier molecular flexibility index (Phi) is 6.09. The Hall–Kier alpha value is -4.19. The monoisotopic (exact) mass is 440 g/mol. The minimum atomic E-state index is -0.771. The fraction of sp³-hybridized carbons (Fsp3) is 0.148. The highest BCUT2D eigenvalue weighted by molar-refractivity contribution is 6.39. The third-order valence-electron chi connectivity index (χ3n) is 5.26. The predicted molar refractivity (Wildman–Crippen MR) is 127 cm³/mol. The first-order valence-corrected chi connectivity index (χ1v) is 10.6. The third kappa shape index (κ3) is 4.85. The van der Waals surface area contributed by atoms with E-state index in [2.05, 4.69) is 23.5 Å². The molecule has 1 heterocycles. The van der Waals surface area contributed by atoms with E-state index < -0.39 is 17.8 Å². The number of benzene rings is 3. The molecule has 0 spiro atoms. The maximum Gasteiger partial charge on any atom is 0.335 e. The van der Waals surface area contributed by atoms with E-state index >= 15 is 0 Å². The summed E-state index contributed by atoms with van der Waals surface area (Å²) < 4.78 is 6.03. The molecule has 33 heavy (non-hydrogen) atoms. The zero-order valence-corrected chi connectivity index (χ0v) is 18.7. The molecule has 1 aliphatic heterocycles. The average molecular weight is 440 g/mol. The molecule has 0 bridgehead atoms. The van der Waals surface area contributed by atoms with E-state index in [0.29, 0.717) is 23.6 Å². The number of anilines is 1. The number of imide groups is 2. The van der Waals surface area contributed by atoms with E-state index in [1.807, 2.05) is 32.9 Å². The number of carbonyl (C=O) groups is 3. The van der Waals surface area contributed by atoms with Gasteiger partial charge in [0, 0.05) is 5.56 Å². The van der Waals surface area contributed by atoms with Crippen LogP contribution in [0.25, 0.3) is 6.08 Å². The number of ether oxygens (including phenoxy) is 1. The summed E-state index contributed by atoms with van der Waals surface area (Å²) in [6.07, 6.45) is 1.46. The van der Waals surface area contributed by atoms with Crippen LogP contribution >= 0.6 is 0 Å². The van der Waals surface area contributed by atoms with Crippen LogP contribution in [0.3, 0.4) is 0 Å². The van der Waals surface area contributed by atoms with E-state index in [1.54, 1.807) is 36.4 Å². The smallest absolute Gasteiger partial charge is 0.335 e. The summed E-state index contributed by atoms with van der Waals surface area (Å²) in [6, 6.07) is 19.6. The van der Waals surface area contributed by atoms with Crippen molar-refractivity contribution < 1.29 is 19.1 Å². The summed E-state index contributed by atoms with van der Waals surface area (Å²) in [5.41, 5.74) is 5.04. The lowest BCUT2D eigenvalue weighted by Crippen LogP contribution is -2.54. The Morgan fingerprint density at radius 3 is 2.30 bits per heavy atom. The molecule has 3 aromatic rings. The van der Waals surface area contributed by atoms with Crippen LogP contribution in [0, 0.1) is 20.8 Å². The molecular weight excluding hydrogens is 416 g/mol. The summed E-state index contributed by atoms with van der Waals surface area (Å²) in [4.78, 5) is 39.1. The van der Waals surface area contributed by atoms with Gasteiger partial charge in [0.2, 0.25) is 0 Å². The zero-order chi connectivity index (χ0) is 23.5. The van der Waals surface area contributed by atoms with Crippen molar-refractivity contribution in [1.29, 1.82) is 0 Å². The quantitative estimate of drug-likeness (QED) is 0.454. The van der Waals surface area contributed by atoms with Crippen molar-refractivity contribution in [3.8, 4) is 5.75 Å². The first-order valence-electron chi connectivity index (χ1n) is 10.6. The van der Waals surface area contributed by atoms with Gasteiger partial charge in [-0.2, -0.15) is 0 Å². The largest absolute Gasteiger partial charge is 0.488 e. The molecular formula is C27H24N2O4. The number of nitrogens with one attached hydrogen (secondary N) is 1. The lowest BCUT2D eigenvalue weighted by molar-refractivity contribution is -0.122. The van der Waals surface area contributed by atoms with Gasteiger partial charge in [0.15, 0.2) is 0 Å². The van der Waals surface area contributed by atoms with E-state index in [0.717, 1.165) is 27.2 Å². The van der Waals surface area contributed by atoms with Crippen LogP contribution in [0.5, 0.6) is 5.75 Å². The van der Waals surface area contributed by atoms with Crippen molar-refractivity contribution in [3.63, 3.8) is 0 Å². The van der Waals surface area contributed by atoms with Crippen molar-refractivity contribution in [3.05, 3.63) is 100 Å². The molecule has 0 saturated carbocycles. The number of barbiturate groups is 1. The number of rotatable bonds is 5. The Bertz CT molecular complexity index is 1270. The molecule has 4 amide bonds. The van der Waals surface area contributed by atoms with Crippen LogP contribution in [0.15, 0.2) is 72.3 Å². The second kappa shape index (κ2) is 9.12. The number of carbonyl (C=O) groups excluding carboxylic acids is 3. The van der Waals surface area contributed by atoms with Gasteiger partial charge < -0.3 is 4.74 Å². The molecule has 0 radical (unpaired) electrons. The Labute approximate surface area is 192 Å². The number of urea groups is 1. The van der Waals surface area contributed by atoms with E-state index in [9.17, 15) is 14.4 Å². The molecule has 1 saturated heterocycles. The normalized spacial score (nSPS) is 15.1. The minimum Gasteiger partial charge on any atom is -0.488 e. The van der Waals surface area contributed by atoms with Crippen LogP contribution in [-0.2, 0) is 16.2 Å². The second-order valence-electron chi connectivity index (χ2n) is 8.12.